The van der Waals surface area contributed by atoms with Crippen molar-refractivity contribution in [2.75, 3.05) is 0 Å². The maximum Gasteiger partial charge on any atom is 0.0479 e. The molecule has 0 unspecified atom stereocenters. The first kappa shape index (κ1) is 8.63. The minimum Gasteiger partial charge on any atom is -0.0870 e. The third-order valence-corrected chi connectivity index (χ3v) is 1.88. The molecule has 2 heteroatoms. The molecule has 0 amide bonds. The number of hydrogen-bond donors (Lipinski definition) is 0. The molecule has 0 atom stereocenters. The minimum atomic E-state index is 0.711. The average molecular weight is 187 g/mol. The van der Waals surface area contributed by atoms with Crippen molar-refractivity contribution >= 4 is 29.3 Å². The summed E-state index contributed by atoms with van der Waals surface area (Å²) in [5.74, 6) is 0. The van der Waals surface area contributed by atoms with Gasteiger partial charge in [0.05, 0.1) is 0 Å². The monoisotopic (exact) mass is 186 g/mol. The highest BCUT2D eigenvalue weighted by Gasteiger charge is 1.95. The summed E-state index contributed by atoms with van der Waals surface area (Å²) in [7, 11) is 0. The fraction of sp³-hybridized carbons (Fsp3) is 0.111. The average Bonchev–Trinajstić information content (AvgIpc) is 1.98. The topological polar surface area (TPSA) is 0 Å². The largest absolute Gasteiger partial charge is 0.0870 e. The second-order valence-electron chi connectivity index (χ2n) is 2.17. The Labute approximate surface area is 76.4 Å². The van der Waals surface area contributed by atoms with Gasteiger partial charge in [-0.2, -0.15) is 0 Å². The number of halogens is 2. The molecule has 1 aromatic rings. The van der Waals surface area contributed by atoms with Crippen LogP contribution in [0.1, 0.15) is 12.5 Å². The number of allylic oxidation sites excluding steroid dienone is 1. The first-order chi connectivity index (χ1) is 5.24. The third-order valence-electron chi connectivity index (χ3n) is 1.30. The van der Waals surface area contributed by atoms with Gasteiger partial charge in [-0.15, -0.1) is 0 Å². The van der Waals surface area contributed by atoms with E-state index >= 15 is 0 Å². The van der Waals surface area contributed by atoms with E-state index in [9.17, 15) is 0 Å². The third kappa shape index (κ3) is 2.25. The Hall–Kier alpha value is -0.460. The normalized spacial score (nSPS) is 10.8. The molecule has 58 valence electrons. The zero-order valence-corrected chi connectivity index (χ0v) is 7.65. The SMILES string of the molecule is C/C=C/c1cc(Cl)ccc1Cl. The summed E-state index contributed by atoms with van der Waals surface area (Å²) in [5.41, 5.74) is 0.960. The lowest BCUT2D eigenvalue weighted by molar-refractivity contribution is 1.64. The number of rotatable bonds is 1. The summed E-state index contributed by atoms with van der Waals surface area (Å²) in [6, 6.07) is 5.40. The van der Waals surface area contributed by atoms with Crippen LogP contribution in [-0.4, -0.2) is 0 Å². The van der Waals surface area contributed by atoms with Crippen LogP contribution in [0.4, 0.5) is 0 Å². The van der Waals surface area contributed by atoms with Gasteiger partial charge in [-0.1, -0.05) is 35.4 Å². The smallest absolute Gasteiger partial charge is 0.0479 e. The van der Waals surface area contributed by atoms with Crippen LogP contribution < -0.4 is 0 Å². The maximum absolute atomic E-state index is 5.87. The van der Waals surface area contributed by atoms with Crippen LogP contribution >= 0.6 is 23.2 Å². The van der Waals surface area contributed by atoms with Gasteiger partial charge in [-0.3, -0.25) is 0 Å². The molecule has 0 aliphatic heterocycles. The van der Waals surface area contributed by atoms with E-state index in [1.54, 1.807) is 12.1 Å². The van der Waals surface area contributed by atoms with Crippen molar-refractivity contribution < 1.29 is 0 Å². The summed E-state index contributed by atoms with van der Waals surface area (Å²) in [6.07, 6.45) is 3.85. The first-order valence-electron chi connectivity index (χ1n) is 3.32. The van der Waals surface area contributed by atoms with E-state index in [-0.39, 0.29) is 0 Å². The Morgan fingerprint density at radius 1 is 1.27 bits per heavy atom. The zero-order chi connectivity index (χ0) is 8.27. The van der Waals surface area contributed by atoms with Crippen molar-refractivity contribution in [3.63, 3.8) is 0 Å². The van der Waals surface area contributed by atoms with E-state index in [0.29, 0.717) is 5.02 Å². The van der Waals surface area contributed by atoms with Gasteiger partial charge in [0, 0.05) is 10.0 Å². The standard InChI is InChI=1S/C9H8Cl2/c1-2-3-7-6-8(10)4-5-9(7)11/h2-6H,1H3/b3-2+. The molecular formula is C9H8Cl2. The zero-order valence-electron chi connectivity index (χ0n) is 6.14. The molecule has 0 nitrogen and oxygen atoms in total. The summed E-state index contributed by atoms with van der Waals surface area (Å²) in [6.45, 7) is 1.94. The van der Waals surface area contributed by atoms with Crippen LogP contribution in [0.2, 0.25) is 10.0 Å². The molecule has 0 aliphatic carbocycles. The molecule has 0 heterocycles. The van der Waals surface area contributed by atoms with Crippen LogP contribution in [0.15, 0.2) is 24.3 Å². The molecule has 0 aliphatic rings. The minimum absolute atomic E-state index is 0.711. The fourth-order valence-electron chi connectivity index (χ4n) is 0.822. The molecule has 0 bridgehead atoms. The Morgan fingerprint density at radius 3 is 2.64 bits per heavy atom. The van der Waals surface area contributed by atoms with Crippen LogP contribution in [0.25, 0.3) is 6.08 Å². The van der Waals surface area contributed by atoms with Crippen molar-refractivity contribution in [1.29, 1.82) is 0 Å². The lowest BCUT2D eigenvalue weighted by Gasteiger charge is -1.97. The van der Waals surface area contributed by atoms with Crippen LogP contribution in [-0.2, 0) is 0 Å². The number of hydrogen-bond acceptors (Lipinski definition) is 0. The number of benzene rings is 1. The first-order valence-corrected chi connectivity index (χ1v) is 4.07. The van der Waals surface area contributed by atoms with Crippen molar-refractivity contribution in [3.05, 3.63) is 39.9 Å². The predicted octanol–water partition coefficient (Wildman–Crippen LogP) is 4.03. The van der Waals surface area contributed by atoms with Crippen LogP contribution in [0.5, 0.6) is 0 Å². The molecule has 0 fully saturated rings. The van der Waals surface area contributed by atoms with E-state index in [4.69, 9.17) is 23.2 Å². The van der Waals surface area contributed by atoms with Crippen molar-refractivity contribution in [2.45, 2.75) is 6.92 Å². The van der Waals surface area contributed by atoms with Gasteiger partial charge < -0.3 is 0 Å². The van der Waals surface area contributed by atoms with Crippen molar-refractivity contribution in [2.24, 2.45) is 0 Å². The molecule has 1 rings (SSSR count). The summed E-state index contributed by atoms with van der Waals surface area (Å²) in [5, 5.41) is 1.44. The summed E-state index contributed by atoms with van der Waals surface area (Å²) < 4.78 is 0. The molecule has 0 radical (unpaired) electrons. The van der Waals surface area contributed by atoms with E-state index < -0.39 is 0 Å². The summed E-state index contributed by atoms with van der Waals surface area (Å²) in [4.78, 5) is 0. The van der Waals surface area contributed by atoms with Gasteiger partial charge in [-0.05, 0) is 30.7 Å². The molecule has 1 aromatic carbocycles. The lowest BCUT2D eigenvalue weighted by Crippen LogP contribution is -1.73. The van der Waals surface area contributed by atoms with E-state index in [0.717, 1.165) is 10.6 Å². The fourth-order valence-corrected chi connectivity index (χ4v) is 1.18. The molecule has 0 saturated carbocycles. The molecular weight excluding hydrogens is 179 g/mol. The maximum atomic E-state index is 5.87. The highest BCUT2D eigenvalue weighted by Crippen LogP contribution is 2.21. The van der Waals surface area contributed by atoms with E-state index in [1.807, 2.05) is 25.1 Å². The van der Waals surface area contributed by atoms with Crippen molar-refractivity contribution in [3.8, 4) is 0 Å². The second-order valence-corrected chi connectivity index (χ2v) is 3.01. The predicted molar refractivity (Wildman–Crippen MR) is 51.2 cm³/mol. The van der Waals surface area contributed by atoms with Crippen molar-refractivity contribution in [1.82, 2.24) is 0 Å². The van der Waals surface area contributed by atoms with Gasteiger partial charge in [-0.25, -0.2) is 0 Å². The molecule has 0 saturated heterocycles. The van der Waals surface area contributed by atoms with E-state index in [1.165, 1.54) is 0 Å². The second kappa shape index (κ2) is 3.80. The molecule has 0 aromatic heterocycles. The van der Waals surface area contributed by atoms with Gasteiger partial charge in [0.1, 0.15) is 0 Å². The molecule has 11 heavy (non-hydrogen) atoms. The molecule has 0 spiro atoms. The van der Waals surface area contributed by atoms with E-state index in [2.05, 4.69) is 0 Å². The van der Waals surface area contributed by atoms with Gasteiger partial charge in [0.25, 0.3) is 0 Å². The van der Waals surface area contributed by atoms with Gasteiger partial charge in [0.2, 0.25) is 0 Å². The quantitative estimate of drug-likeness (QED) is 0.622. The van der Waals surface area contributed by atoms with Gasteiger partial charge >= 0.3 is 0 Å². The Morgan fingerprint density at radius 2 is 2.00 bits per heavy atom. The lowest BCUT2D eigenvalue weighted by atomic mass is 10.2. The van der Waals surface area contributed by atoms with Gasteiger partial charge in [0.15, 0.2) is 0 Å². The van der Waals surface area contributed by atoms with Crippen LogP contribution in [0, 0.1) is 0 Å². The highest BCUT2D eigenvalue weighted by atomic mass is 35.5. The Kier molecular flexibility index (Phi) is 2.98. The Bertz CT molecular complexity index is 277. The molecule has 0 N–H and O–H groups in total. The van der Waals surface area contributed by atoms with Crippen LogP contribution in [0.3, 0.4) is 0 Å². The highest BCUT2D eigenvalue weighted by molar-refractivity contribution is 6.34. The Balaban J connectivity index is 3.12. The summed E-state index contributed by atoms with van der Waals surface area (Å²) >= 11 is 11.6.